The third kappa shape index (κ3) is 4.80. The molecule has 0 amide bonds. The van der Waals surface area contributed by atoms with Crippen LogP contribution < -0.4 is 5.56 Å². The van der Waals surface area contributed by atoms with Gasteiger partial charge in [-0.25, -0.2) is 9.78 Å². The first-order valence-electron chi connectivity index (χ1n) is 11.9. The van der Waals surface area contributed by atoms with Crippen LogP contribution in [-0.2, 0) is 16.0 Å². The van der Waals surface area contributed by atoms with E-state index in [0.717, 1.165) is 39.5 Å². The Kier molecular flexibility index (Phi) is 7.50. The Morgan fingerprint density at radius 2 is 1.97 bits per heavy atom. The van der Waals surface area contributed by atoms with E-state index < -0.39 is 6.04 Å². The zero-order valence-corrected chi connectivity index (χ0v) is 22.0. The molecule has 0 saturated heterocycles. The lowest BCUT2D eigenvalue weighted by molar-refractivity contribution is -0.146. The van der Waals surface area contributed by atoms with Crippen LogP contribution in [0, 0.1) is 6.92 Å². The van der Waals surface area contributed by atoms with Gasteiger partial charge in [-0.3, -0.25) is 4.79 Å². The van der Waals surface area contributed by atoms with Crippen LogP contribution >= 0.6 is 15.9 Å². The SMILES string of the molecule is CCCCc1nc2ccc(Br)cc2c(=O)n1N=Cc1c(C)n([C@H](C)C(=O)OCC)c2ccccc12. The van der Waals surface area contributed by atoms with Crippen molar-refractivity contribution in [2.45, 2.75) is 53.0 Å². The summed E-state index contributed by atoms with van der Waals surface area (Å²) in [7, 11) is 0. The normalized spacial score (nSPS) is 12.6. The van der Waals surface area contributed by atoms with Crippen molar-refractivity contribution in [2.75, 3.05) is 6.61 Å². The molecule has 4 aromatic rings. The van der Waals surface area contributed by atoms with E-state index in [1.54, 1.807) is 19.2 Å². The standard InChI is InChI=1S/C27H29BrN4O3/c1-5-7-12-25-30-23-14-13-19(28)15-21(23)26(33)32(25)29-16-22-17(3)31(18(4)27(34)35-6-2)24-11-9-8-10-20(22)24/h8-11,13-16,18H,5-7,12H2,1-4H3/t18-/m1/s1. The van der Waals surface area contributed by atoms with E-state index in [4.69, 9.17) is 9.72 Å². The van der Waals surface area contributed by atoms with Gasteiger partial charge in [-0.2, -0.15) is 9.78 Å². The molecule has 2 aromatic heterocycles. The van der Waals surface area contributed by atoms with Gasteiger partial charge >= 0.3 is 5.97 Å². The third-order valence-corrected chi connectivity index (χ3v) is 6.64. The summed E-state index contributed by atoms with van der Waals surface area (Å²) in [5, 5.41) is 6.10. The molecule has 35 heavy (non-hydrogen) atoms. The Morgan fingerprint density at radius 1 is 1.20 bits per heavy atom. The van der Waals surface area contributed by atoms with Gasteiger partial charge in [0.2, 0.25) is 0 Å². The monoisotopic (exact) mass is 536 g/mol. The van der Waals surface area contributed by atoms with Gasteiger partial charge in [-0.05, 0) is 51.5 Å². The van der Waals surface area contributed by atoms with E-state index in [1.165, 1.54) is 4.68 Å². The van der Waals surface area contributed by atoms with Crippen LogP contribution in [0.25, 0.3) is 21.8 Å². The highest BCUT2D eigenvalue weighted by Crippen LogP contribution is 2.28. The van der Waals surface area contributed by atoms with Gasteiger partial charge in [0, 0.05) is 33.1 Å². The van der Waals surface area contributed by atoms with Crippen molar-refractivity contribution in [3.63, 3.8) is 0 Å². The molecule has 182 valence electrons. The maximum Gasteiger partial charge on any atom is 0.328 e. The summed E-state index contributed by atoms with van der Waals surface area (Å²) in [6.45, 7) is 8.01. The predicted molar refractivity (Wildman–Crippen MR) is 143 cm³/mol. The average molecular weight is 537 g/mol. The Hall–Kier alpha value is -3.26. The Bertz CT molecular complexity index is 1490. The fraction of sp³-hybridized carbons (Fsp3) is 0.333. The number of halogens is 1. The zero-order valence-electron chi connectivity index (χ0n) is 20.4. The van der Waals surface area contributed by atoms with Gasteiger partial charge in [0.05, 0.1) is 23.7 Å². The molecule has 1 atom stereocenters. The molecular weight excluding hydrogens is 508 g/mol. The third-order valence-electron chi connectivity index (χ3n) is 6.15. The number of unbranched alkanes of at least 4 members (excludes halogenated alkanes) is 1. The van der Waals surface area contributed by atoms with Crippen LogP contribution in [-0.4, -0.2) is 33.0 Å². The zero-order chi connectivity index (χ0) is 25.1. The van der Waals surface area contributed by atoms with E-state index >= 15 is 0 Å². The molecule has 0 spiro atoms. The molecule has 7 nitrogen and oxygen atoms in total. The first-order valence-corrected chi connectivity index (χ1v) is 12.7. The average Bonchev–Trinajstić information content (AvgIpc) is 3.13. The number of esters is 1. The summed E-state index contributed by atoms with van der Waals surface area (Å²) in [5.41, 5.74) is 3.08. The number of aryl methyl sites for hydroxylation is 1. The number of para-hydroxylation sites is 1. The second-order valence-electron chi connectivity index (χ2n) is 8.47. The number of fused-ring (bicyclic) bond motifs is 2. The fourth-order valence-corrected chi connectivity index (χ4v) is 4.73. The van der Waals surface area contributed by atoms with Crippen LogP contribution in [0.3, 0.4) is 0 Å². The van der Waals surface area contributed by atoms with Gasteiger partial charge in [-0.15, -0.1) is 0 Å². The lowest BCUT2D eigenvalue weighted by Gasteiger charge is -2.16. The Labute approximate surface area is 212 Å². The molecule has 0 saturated carbocycles. The van der Waals surface area contributed by atoms with E-state index in [-0.39, 0.29) is 11.5 Å². The number of nitrogens with zero attached hydrogens (tertiary/aromatic N) is 4. The second kappa shape index (κ2) is 10.6. The van der Waals surface area contributed by atoms with Crippen LogP contribution in [0.5, 0.6) is 0 Å². The molecular formula is C27H29BrN4O3. The minimum Gasteiger partial charge on any atom is -0.464 e. The van der Waals surface area contributed by atoms with Crippen LogP contribution in [0.1, 0.15) is 56.7 Å². The number of benzene rings is 2. The molecule has 0 fully saturated rings. The summed E-state index contributed by atoms with van der Waals surface area (Å²) in [4.78, 5) is 30.7. The van der Waals surface area contributed by atoms with Gasteiger partial charge < -0.3 is 9.30 Å². The van der Waals surface area contributed by atoms with Gasteiger partial charge in [-0.1, -0.05) is 47.5 Å². The van der Waals surface area contributed by atoms with Crippen LogP contribution in [0.15, 0.2) is 56.8 Å². The molecule has 0 aliphatic carbocycles. The maximum atomic E-state index is 13.4. The van der Waals surface area contributed by atoms with Crippen molar-refractivity contribution >= 4 is 49.9 Å². The molecule has 4 rings (SSSR count). The summed E-state index contributed by atoms with van der Waals surface area (Å²) in [5.74, 6) is 0.339. The van der Waals surface area contributed by atoms with Crippen molar-refractivity contribution in [1.29, 1.82) is 0 Å². The highest BCUT2D eigenvalue weighted by molar-refractivity contribution is 9.10. The molecule has 8 heteroatoms. The van der Waals surface area contributed by atoms with Gasteiger partial charge in [0.1, 0.15) is 11.9 Å². The molecule has 0 unspecified atom stereocenters. The highest BCUT2D eigenvalue weighted by atomic mass is 79.9. The van der Waals surface area contributed by atoms with E-state index in [0.29, 0.717) is 29.8 Å². The first kappa shape index (κ1) is 24.9. The molecule has 0 aliphatic rings. The lowest BCUT2D eigenvalue weighted by Crippen LogP contribution is -2.22. The predicted octanol–water partition coefficient (Wildman–Crippen LogP) is 5.77. The quantitative estimate of drug-likeness (QED) is 0.211. The summed E-state index contributed by atoms with van der Waals surface area (Å²) < 4.78 is 9.45. The second-order valence-corrected chi connectivity index (χ2v) is 9.38. The molecule has 0 bridgehead atoms. The highest BCUT2D eigenvalue weighted by Gasteiger charge is 2.23. The lowest BCUT2D eigenvalue weighted by atomic mass is 10.1. The molecule has 0 N–H and O–H groups in total. The summed E-state index contributed by atoms with van der Waals surface area (Å²) >= 11 is 3.45. The first-order chi connectivity index (χ1) is 16.9. The number of hydrogen-bond acceptors (Lipinski definition) is 5. The van der Waals surface area contributed by atoms with E-state index in [2.05, 4.69) is 28.0 Å². The summed E-state index contributed by atoms with van der Waals surface area (Å²) in [6, 6.07) is 12.9. The van der Waals surface area contributed by atoms with Crippen molar-refractivity contribution in [2.24, 2.45) is 5.10 Å². The van der Waals surface area contributed by atoms with Crippen molar-refractivity contribution in [3.05, 3.63) is 74.4 Å². The number of carbonyl (C=O) groups excluding carboxylic acids is 1. The van der Waals surface area contributed by atoms with E-state index in [1.807, 2.05) is 54.8 Å². The van der Waals surface area contributed by atoms with Crippen LogP contribution in [0.4, 0.5) is 0 Å². The minimum absolute atomic E-state index is 0.208. The van der Waals surface area contributed by atoms with E-state index in [9.17, 15) is 9.59 Å². The van der Waals surface area contributed by atoms with Gasteiger partial charge in [0.15, 0.2) is 0 Å². The number of carbonyl (C=O) groups is 1. The Balaban J connectivity index is 1.88. The molecule has 0 radical (unpaired) electrons. The molecule has 2 heterocycles. The fourth-order valence-electron chi connectivity index (χ4n) is 4.37. The van der Waals surface area contributed by atoms with Gasteiger partial charge in [0.25, 0.3) is 5.56 Å². The molecule has 2 aromatic carbocycles. The largest absolute Gasteiger partial charge is 0.464 e. The Morgan fingerprint density at radius 3 is 2.71 bits per heavy atom. The number of aromatic nitrogens is 3. The number of rotatable bonds is 8. The topological polar surface area (TPSA) is 78.5 Å². The molecule has 0 aliphatic heterocycles. The maximum absolute atomic E-state index is 13.4. The number of hydrogen-bond donors (Lipinski definition) is 0. The van der Waals surface area contributed by atoms with Crippen molar-refractivity contribution in [3.8, 4) is 0 Å². The number of ether oxygens (including phenoxy) is 1. The van der Waals surface area contributed by atoms with Crippen LogP contribution in [0.2, 0.25) is 0 Å². The smallest absolute Gasteiger partial charge is 0.328 e. The minimum atomic E-state index is -0.496. The van der Waals surface area contributed by atoms with Crippen molar-refractivity contribution < 1.29 is 9.53 Å². The van der Waals surface area contributed by atoms with Crippen molar-refractivity contribution in [1.82, 2.24) is 14.2 Å². The summed E-state index contributed by atoms with van der Waals surface area (Å²) in [6.07, 6.45) is 4.24.